The maximum absolute atomic E-state index is 11.7. The Bertz CT molecular complexity index is 626. The Balaban J connectivity index is 1.81. The standard InChI is InChI=1S/C16H16N2O4/c1-21-16(20)18-13-7-9-14(10-8-13)22-11-15(19)17-12-5-3-2-4-6-12/h2-10H,11H2,1H3,(H,17,19)(H,18,20). The second-order valence-corrected chi connectivity index (χ2v) is 4.34. The monoisotopic (exact) mass is 300 g/mol. The lowest BCUT2D eigenvalue weighted by molar-refractivity contribution is -0.118. The van der Waals surface area contributed by atoms with E-state index in [1.54, 1.807) is 36.4 Å². The van der Waals surface area contributed by atoms with Crippen LogP contribution in [-0.4, -0.2) is 25.7 Å². The average molecular weight is 300 g/mol. The third-order valence-corrected chi connectivity index (χ3v) is 2.71. The van der Waals surface area contributed by atoms with E-state index >= 15 is 0 Å². The van der Waals surface area contributed by atoms with Crippen molar-refractivity contribution in [2.75, 3.05) is 24.4 Å². The highest BCUT2D eigenvalue weighted by atomic mass is 16.5. The number of benzene rings is 2. The summed E-state index contributed by atoms with van der Waals surface area (Å²) >= 11 is 0. The Hall–Kier alpha value is -3.02. The fourth-order valence-electron chi connectivity index (χ4n) is 1.67. The van der Waals surface area contributed by atoms with E-state index in [1.807, 2.05) is 18.2 Å². The molecule has 0 heterocycles. The molecule has 0 saturated carbocycles. The van der Waals surface area contributed by atoms with E-state index in [0.717, 1.165) is 0 Å². The van der Waals surface area contributed by atoms with Gasteiger partial charge in [0.05, 0.1) is 7.11 Å². The number of rotatable bonds is 5. The molecule has 2 amide bonds. The van der Waals surface area contributed by atoms with Crippen LogP contribution in [0.4, 0.5) is 16.2 Å². The predicted octanol–water partition coefficient (Wildman–Crippen LogP) is 2.88. The highest BCUT2D eigenvalue weighted by Gasteiger charge is 2.04. The van der Waals surface area contributed by atoms with Gasteiger partial charge in [0.25, 0.3) is 5.91 Å². The zero-order valence-electron chi connectivity index (χ0n) is 12.0. The first kappa shape index (κ1) is 15.4. The Labute approximate surface area is 128 Å². The van der Waals surface area contributed by atoms with Gasteiger partial charge in [-0.05, 0) is 36.4 Å². The van der Waals surface area contributed by atoms with Crippen molar-refractivity contribution in [3.63, 3.8) is 0 Å². The summed E-state index contributed by atoms with van der Waals surface area (Å²) in [6, 6.07) is 15.8. The molecule has 2 aromatic rings. The molecule has 0 bridgehead atoms. The second-order valence-electron chi connectivity index (χ2n) is 4.34. The van der Waals surface area contributed by atoms with Gasteiger partial charge in [-0.1, -0.05) is 18.2 Å². The SMILES string of the molecule is COC(=O)Nc1ccc(OCC(=O)Nc2ccccc2)cc1. The van der Waals surface area contributed by atoms with Crippen molar-refractivity contribution in [2.45, 2.75) is 0 Å². The van der Waals surface area contributed by atoms with E-state index in [2.05, 4.69) is 15.4 Å². The fourth-order valence-corrected chi connectivity index (χ4v) is 1.67. The molecule has 0 saturated heterocycles. The van der Waals surface area contributed by atoms with E-state index < -0.39 is 6.09 Å². The number of ether oxygens (including phenoxy) is 2. The van der Waals surface area contributed by atoms with Gasteiger partial charge in [-0.25, -0.2) is 4.79 Å². The Morgan fingerprint density at radius 1 is 0.909 bits per heavy atom. The van der Waals surface area contributed by atoms with Crippen molar-refractivity contribution in [2.24, 2.45) is 0 Å². The number of hydrogen-bond acceptors (Lipinski definition) is 4. The number of hydrogen-bond donors (Lipinski definition) is 2. The fraction of sp³-hybridized carbons (Fsp3) is 0.125. The first-order valence-corrected chi connectivity index (χ1v) is 6.60. The van der Waals surface area contributed by atoms with Crippen LogP contribution in [0.15, 0.2) is 54.6 Å². The van der Waals surface area contributed by atoms with Crippen LogP contribution in [0.1, 0.15) is 0 Å². The van der Waals surface area contributed by atoms with Gasteiger partial charge < -0.3 is 14.8 Å². The molecule has 0 fully saturated rings. The smallest absolute Gasteiger partial charge is 0.411 e. The molecule has 22 heavy (non-hydrogen) atoms. The van der Waals surface area contributed by atoms with Crippen molar-refractivity contribution < 1.29 is 19.1 Å². The van der Waals surface area contributed by atoms with Crippen LogP contribution in [0.2, 0.25) is 0 Å². The minimum absolute atomic E-state index is 0.0985. The Morgan fingerprint density at radius 2 is 1.55 bits per heavy atom. The summed E-state index contributed by atoms with van der Waals surface area (Å²) in [6.45, 7) is -0.0985. The highest BCUT2D eigenvalue weighted by Crippen LogP contribution is 2.16. The molecule has 114 valence electrons. The van der Waals surface area contributed by atoms with E-state index in [4.69, 9.17) is 4.74 Å². The first-order valence-electron chi connectivity index (χ1n) is 6.60. The number of methoxy groups -OCH3 is 1. The maximum Gasteiger partial charge on any atom is 0.411 e. The lowest BCUT2D eigenvalue weighted by Gasteiger charge is -2.08. The zero-order chi connectivity index (χ0) is 15.8. The van der Waals surface area contributed by atoms with Crippen LogP contribution in [0, 0.1) is 0 Å². The van der Waals surface area contributed by atoms with E-state index in [-0.39, 0.29) is 12.5 Å². The molecule has 0 aliphatic carbocycles. The van der Waals surface area contributed by atoms with Crippen LogP contribution >= 0.6 is 0 Å². The molecule has 2 rings (SSSR count). The maximum atomic E-state index is 11.7. The van der Waals surface area contributed by atoms with Gasteiger partial charge in [0.1, 0.15) is 5.75 Å². The van der Waals surface area contributed by atoms with Crippen molar-refractivity contribution >= 4 is 23.4 Å². The molecule has 6 heteroatoms. The van der Waals surface area contributed by atoms with Crippen LogP contribution in [0.5, 0.6) is 5.75 Å². The molecular weight excluding hydrogens is 284 g/mol. The molecule has 0 unspecified atom stereocenters. The molecule has 0 radical (unpaired) electrons. The van der Waals surface area contributed by atoms with Crippen LogP contribution < -0.4 is 15.4 Å². The lowest BCUT2D eigenvalue weighted by Crippen LogP contribution is -2.20. The van der Waals surface area contributed by atoms with Crippen molar-refractivity contribution in [1.82, 2.24) is 0 Å². The second kappa shape index (κ2) is 7.68. The minimum atomic E-state index is -0.545. The topological polar surface area (TPSA) is 76.7 Å². The molecule has 0 aromatic heterocycles. The third-order valence-electron chi connectivity index (χ3n) is 2.71. The molecule has 0 aliphatic rings. The third kappa shape index (κ3) is 4.82. The lowest BCUT2D eigenvalue weighted by atomic mass is 10.3. The quantitative estimate of drug-likeness (QED) is 0.890. The summed E-state index contributed by atoms with van der Waals surface area (Å²) in [7, 11) is 1.29. The summed E-state index contributed by atoms with van der Waals surface area (Å²) in [5.41, 5.74) is 1.29. The average Bonchev–Trinajstić information content (AvgIpc) is 2.55. The molecule has 2 aromatic carbocycles. The van der Waals surface area contributed by atoms with Crippen LogP contribution in [0.25, 0.3) is 0 Å². The van der Waals surface area contributed by atoms with E-state index in [0.29, 0.717) is 17.1 Å². The number of nitrogens with one attached hydrogen (secondary N) is 2. The van der Waals surface area contributed by atoms with Gasteiger partial charge in [-0.2, -0.15) is 0 Å². The number of amides is 2. The summed E-state index contributed by atoms with van der Waals surface area (Å²) < 4.78 is 9.86. The summed E-state index contributed by atoms with van der Waals surface area (Å²) in [6.07, 6.45) is -0.545. The summed E-state index contributed by atoms with van der Waals surface area (Å²) in [5, 5.41) is 5.24. The number of carbonyl (C=O) groups is 2. The Morgan fingerprint density at radius 3 is 2.18 bits per heavy atom. The predicted molar refractivity (Wildman–Crippen MR) is 83.0 cm³/mol. The van der Waals surface area contributed by atoms with Gasteiger partial charge in [-0.3, -0.25) is 10.1 Å². The molecule has 6 nitrogen and oxygen atoms in total. The van der Waals surface area contributed by atoms with Gasteiger partial charge in [-0.15, -0.1) is 0 Å². The van der Waals surface area contributed by atoms with Crippen molar-refractivity contribution in [3.05, 3.63) is 54.6 Å². The minimum Gasteiger partial charge on any atom is -0.484 e. The highest BCUT2D eigenvalue weighted by molar-refractivity contribution is 5.91. The molecule has 0 aliphatic heterocycles. The normalized spacial score (nSPS) is 9.68. The van der Waals surface area contributed by atoms with Gasteiger partial charge in [0.2, 0.25) is 0 Å². The first-order chi connectivity index (χ1) is 10.7. The zero-order valence-corrected chi connectivity index (χ0v) is 12.0. The number of anilines is 2. The van der Waals surface area contributed by atoms with Crippen molar-refractivity contribution in [1.29, 1.82) is 0 Å². The Kier molecular flexibility index (Phi) is 5.37. The molecule has 0 atom stereocenters. The number of para-hydroxylation sites is 1. The van der Waals surface area contributed by atoms with Gasteiger partial charge in [0, 0.05) is 11.4 Å². The van der Waals surface area contributed by atoms with Gasteiger partial charge >= 0.3 is 6.09 Å². The van der Waals surface area contributed by atoms with E-state index in [9.17, 15) is 9.59 Å². The van der Waals surface area contributed by atoms with Crippen LogP contribution in [0.3, 0.4) is 0 Å². The summed E-state index contributed by atoms with van der Waals surface area (Å²) in [4.78, 5) is 22.8. The van der Waals surface area contributed by atoms with Crippen LogP contribution in [-0.2, 0) is 9.53 Å². The van der Waals surface area contributed by atoms with Crippen molar-refractivity contribution in [3.8, 4) is 5.75 Å². The molecular formula is C16H16N2O4. The number of carbonyl (C=O) groups excluding carboxylic acids is 2. The largest absolute Gasteiger partial charge is 0.484 e. The van der Waals surface area contributed by atoms with Gasteiger partial charge in [0.15, 0.2) is 6.61 Å². The molecule has 0 spiro atoms. The molecule has 2 N–H and O–H groups in total. The summed E-state index contributed by atoms with van der Waals surface area (Å²) in [5.74, 6) is 0.279. The van der Waals surface area contributed by atoms with E-state index in [1.165, 1.54) is 7.11 Å².